The molecule has 1 aliphatic heterocycles. The van der Waals surface area contributed by atoms with E-state index in [1.165, 1.54) is 6.42 Å². The maximum absolute atomic E-state index is 13.9. The molecule has 0 radical (unpaired) electrons. The highest BCUT2D eigenvalue weighted by Crippen LogP contribution is 2.46. The van der Waals surface area contributed by atoms with Gasteiger partial charge in [0.05, 0.1) is 11.5 Å². The zero-order valence-electron chi connectivity index (χ0n) is 23.3. The summed E-state index contributed by atoms with van der Waals surface area (Å²) < 4.78 is 6.07. The van der Waals surface area contributed by atoms with Crippen molar-refractivity contribution in [3.63, 3.8) is 0 Å². The van der Waals surface area contributed by atoms with Crippen molar-refractivity contribution < 1.29 is 14.3 Å². The quantitative estimate of drug-likeness (QED) is 0.335. The van der Waals surface area contributed by atoms with Gasteiger partial charge in [-0.15, -0.1) is 0 Å². The summed E-state index contributed by atoms with van der Waals surface area (Å²) in [5.41, 5.74) is 5.29. The number of carbonyl (C=O) groups is 2. The smallest absolute Gasteiger partial charge is 0.336 e. The predicted octanol–water partition coefficient (Wildman–Crippen LogP) is 7.64. The van der Waals surface area contributed by atoms with E-state index in [9.17, 15) is 9.59 Å². The molecule has 2 saturated carbocycles. The van der Waals surface area contributed by atoms with E-state index in [1.54, 1.807) is 0 Å². The molecule has 0 saturated heterocycles. The van der Waals surface area contributed by atoms with Crippen LogP contribution in [-0.2, 0) is 14.3 Å². The first kappa shape index (κ1) is 27.6. The summed E-state index contributed by atoms with van der Waals surface area (Å²) in [5.74, 6) is -0.969. The van der Waals surface area contributed by atoms with Crippen molar-refractivity contribution in [2.75, 3.05) is 18.0 Å². The summed E-state index contributed by atoms with van der Waals surface area (Å²) in [4.78, 5) is 34.9. The van der Waals surface area contributed by atoms with Gasteiger partial charge in [-0.3, -0.25) is 9.79 Å². The molecule has 2 fully saturated rings. The van der Waals surface area contributed by atoms with Crippen LogP contribution in [0, 0.1) is 5.92 Å². The van der Waals surface area contributed by atoms with Gasteiger partial charge in [0.1, 0.15) is 11.9 Å². The first-order valence-corrected chi connectivity index (χ1v) is 14.9. The topological polar surface area (TPSA) is 59.0 Å². The second kappa shape index (κ2) is 12.1. The van der Waals surface area contributed by atoms with E-state index in [2.05, 4.69) is 43.0 Å². The normalized spacial score (nSPS) is 23.7. The van der Waals surface area contributed by atoms with Gasteiger partial charge in [-0.05, 0) is 94.2 Å². The zero-order chi connectivity index (χ0) is 27.5. The molecule has 2 aromatic carbocycles. The first-order chi connectivity index (χ1) is 18.9. The van der Waals surface area contributed by atoms with E-state index in [1.807, 2.05) is 31.2 Å². The van der Waals surface area contributed by atoms with E-state index in [0.29, 0.717) is 29.1 Å². The monoisotopic (exact) mass is 546 g/mol. The van der Waals surface area contributed by atoms with Gasteiger partial charge in [-0.1, -0.05) is 42.3 Å². The van der Waals surface area contributed by atoms with Gasteiger partial charge in [0.2, 0.25) is 0 Å². The third-order valence-corrected chi connectivity index (χ3v) is 8.97. The molecular weight excluding hydrogens is 508 g/mol. The number of Topliss-reactive ketones (excluding diaryl/α,β-unsaturated/α-hetero) is 1. The van der Waals surface area contributed by atoms with Crippen LogP contribution in [0.25, 0.3) is 0 Å². The van der Waals surface area contributed by atoms with Crippen molar-refractivity contribution in [1.82, 2.24) is 0 Å². The molecule has 6 heteroatoms. The Morgan fingerprint density at radius 1 is 0.923 bits per heavy atom. The maximum Gasteiger partial charge on any atom is 0.336 e. The Morgan fingerprint density at radius 3 is 2.21 bits per heavy atom. The van der Waals surface area contributed by atoms with E-state index < -0.39 is 11.8 Å². The molecular formula is C33H39ClN2O3. The number of aliphatic imine (C=N–C) groups is 1. The van der Waals surface area contributed by atoms with Gasteiger partial charge in [0.15, 0.2) is 0 Å². The lowest BCUT2D eigenvalue weighted by Crippen LogP contribution is -2.41. The Hall–Kier alpha value is -2.92. The lowest BCUT2D eigenvalue weighted by atomic mass is 9.66. The third-order valence-electron chi connectivity index (χ3n) is 8.72. The van der Waals surface area contributed by atoms with Gasteiger partial charge < -0.3 is 9.64 Å². The second-order valence-corrected chi connectivity index (χ2v) is 11.5. The van der Waals surface area contributed by atoms with Crippen LogP contribution in [0.5, 0.6) is 0 Å². The first-order valence-electron chi connectivity index (χ1n) is 14.5. The number of anilines is 1. The van der Waals surface area contributed by atoms with Gasteiger partial charge in [-0.2, -0.15) is 0 Å². The minimum Gasteiger partial charge on any atom is -0.459 e. The number of rotatable bonds is 7. The van der Waals surface area contributed by atoms with Gasteiger partial charge in [0.25, 0.3) is 0 Å². The van der Waals surface area contributed by atoms with Gasteiger partial charge >= 0.3 is 5.97 Å². The summed E-state index contributed by atoms with van der Waals surface area (Å²) in [6.45, 7) is 8.02. The second-order valence-electron chi connectivity index (χ2n) is 11.1. The van der Waals surface area contributed by atoms with Crippen molar-refractivity contribution in [2.45, 2.75) is 83.7 Å². The number of carbonyl (C=O) groups excluding carboxylic acids is 2. The minimum atomic E-state index is -0.453. The molecule has 1 unspecified atom stereocenters. The number of hydrogen-bond acceptors (Lipinski definition) is 5. The molecule has 0 spiro atoms. The maximum atomic E-state index is 13.9. The van der Waals surface area contributed by atoms with E-state index >= 15 is 0 Å². The van der Waals surface area contributed by atoms with Crippen LogP contribution < -0.4 is 4.90 Å². The number of halogens is 1. The molecule has 0 N–H and O–H groups in total. The summed E-state index contributed by atoms with van der Waals surface area (Å²) in [7, 11) is 0. The number of hydrogen-bond donors (Lipinski definition) is 0. The highest BCUT2D eigenvalue weighted by atomic mass is 35.5. The largest absolute Gasteiger partial charge is 0.459 e. The Bertz CT molecular complexity index is 1250. The summed E-state index contributed by atoms with van der Waals surface area (Å²) in [6.07, 6.45) is 6.22. The van der Waals surface area contributed by atoms with Crippen LogP contribution in [0.4, 0.5) is 5.69 Å². The molecule has 1 heterocycles. The van der Waals surface area contributed by atoms with Crippen LogP contribution in [0.2, 0.25) is 5.02 Å². The van der Waals surface area contributed by atoms with Crippen molar-refractivity contribution >= 4 is 34.8 Å². The average molecular weight is 547 g/mol. The van der Waals surface area contributed by atoms with E-state index in [-0.39, 0.29) is 23.8 Å². The number of esters is 1. The average Bonchev–Trinajstić information content (AvgIpc) is 2.94. The van der Waals surface area contributed by atoms with Crippen LogP contribution in [0.15, 0.2) is 64.8 Å². The fraction of sp³-hybridized carbons (Fsp3) is 0.485. The fourth-order valence-electron chi connectivity index (χ4n) is 6.65. The number of benzene rings is 2. The molecule has 0 aromatic heterocycles. The lowest BCUT2D eigenvalue weighted by molar-refractivity contribution is -0.146. The Kier molecular flexibility index (Phi) is 8.56. The molecule has 0 amide bonds. The zero-order valence-corrected chi connectivity index (χ0v) is 24.0. The molecule has 39 heavy (non-hydrogen) atoms. The molecule has 0 bridgehead atoms. The van der Waals surface area contributed by atoms with Gasteiger partial charge in [-0.25, -0.2) is 4.79 Å². The molecule has 2 aromatic rings. The van der Waals surface area contributed by atoms with Crippen LogP contribution in [0.1, 0.15) is 88.7 Å². The van der Waals surface area contributed by atoms with Crippen molar-refractivity contribution in [1.29, 1.82) is 0 Å². The Balaban J connectivity index is 1.52. The number of ether oxygens (including phenoxy) is 1. The third kappa shape index (κ3) is 5.84. The van der Waals surface area contributed by atoms with Crippen molar-refractivity contribution in [3.05, 3.63) is 76.0 Å². The van der Waals surface area contributed by atoms with Gasteiger partial charge in [0, 0.05) is 47.5 Å². The van der Waals surface area contributed by atoms with E-state index in [0.717, 1.165) is 61.3 Å². The standard InChI is InChI=1S/C33H39ClN2O3/c1-4-36(5-2)26-17-13-23(14-18-26)31-30(33(38)39-27-9-7-6-8-10-27)21(3)35-28-19-24(20-29(37)32(28)31)22-11-15-25(34)16-12-22/h11-18,24,27,31-32H,4-10,19-20H2,1-3H3/t24-,31+,32?/m0/s1. The molecule has 5 rings (SSSR count). The molecule has 5 nitrogen and oxygen atoms in total. The molecule has 3 aliphatic rings. The van der Waals surface area contributed by atoms with Crippen molar-refractivity contribution in [3.8, 4) is 0 Å². The van der Waals surface area contributed by atoms with Crippen LogP contribution in [-0.4, -0.2) is 36.7 Å². The minimum absolute atomic E-state index is 0.0546. The summed E-state index contributed by atoms with van der Waals surface area (Å²) >= 11 is 6.12. The van der Waals surface area contributed by atoms with E-state index in [4.69, 9.17) is 21.3 Å². The van der Waals surface area contributed by atoms with Crippen LogP contribution in [0.3, 0.4) is 0 Å². The SMILES string of the molecule is CCN(CC)c1ccc([C@@H]2C(C(=O)OC3CCCCC3)=C(C)N=C3C[C@H](c4ccc(Cl)cc4)CC(=O)C32)cc1. The lowest BCUT2D eigenvalue weighted by Gasteiger charge is -2.38. The Labute approximate surface area is 237 Å². The molecule has 2 aliphatic carbocycles. The summed E-state index contributed by atoms with van der Waals surface area (Å²) in [5, 5.41) is 0.682. The number of ketones is 1. The summed E-state index contributed by atoms with van der Waals surface area (Å²) in [6, 6.07) is 16.1. The molecule has 206 valence electrons. The Morgan fingerprint density at radius 2 is 1.56 bits per heavy atom. The highest BCUT2D eigenvalue weighted by Gasteiger charge is 2.46. The molecule has 3 atom stereocenters. The van der Waals surface area contributed by atoms with Crippen molar-refractivity contribution in [2.24, 2.45) is 10.9 Å². The number of fused-ring (bicyclic) bond motifs is 1. The number of nitrogens with zero attached hydrogens (tertiary/aromatic N) is 2. The predicted molar refractivity (Wildman–Crippen MR) is 158 cm³/mol. The highest BCUT2D eigenvalue weighted by molar-refractivity contribution is 6.30. The van der Waals surface area contributed by atoms with Crippen LogP contribution >= 0.6 is 11.6 Å². The number of allylic oxidation sites excluding steroid dienone is 1. The fourth-order valence-corrected chi connectivity index (χ4v) is 6.78.